The molecule has 0 aromatic heterocycles. The lowest BCUT2D eigenvalue weighted by Gasteiger charge is -2.16. The quantitative estimate of drug-likeness (QED) is 0.568. The summed E-state index contributed by atoms with van der Waals surface area (Å²) in [6.45, 7) is 9.00. The summed E-state index contributed by atoms with van der Waals surface area (Å²) in [6, 6.07) is 5.63. The molecule has 2 N–H and O–H groups in total. The van der Waals surface area contributed by atoms with Gasteiger partial charge >= 0.3 is 11.8 Å². The van der Waals surface area contributed by atoms with E-state index in [0.29, 0.717) is 31.9 Å². The van der Waals surface area contributed by atoms with E-state index in [0.717, 1.165) is 11.1 Å². The third-order valence-electron chi connectivity index (χ3n) is 3.06. The van der Waals surface area contributed by atoms with E-state index in [-0.39, 0.29) is 6.29 Å². The number of carbonyl (C=O) groups excluding carboxylic acids is 2. The Labute approximate surface area is 137 Å². The molecule has 128 valence electrons. The summed E-state index contributed by atoms with van der Waals surface area (Å²) in [6.07, 6.45) is 0.123. The molecular weight excluding hydrogens is 296 g/mol. The van der Waals surface area contributed by atoms with Gasteiger partial charge in [-0.25, -0.2) is 0 Å². The Morgan fingerprint density at radius 3 is 2.09 bits per heavy atom. The molecule has 6 heteroatoms. The number of benzene rings is 1. The fourth-order valence-corrected chi connectivity index (χ4v) is 2.21. The molecule has 1 aromatic carbocycles. The van der Waals surface area contributed by atoms with Crippen LogP contribution in [0.3, 0.4) is 0 Å². The lowest BCUT2D eigenvalue weighted by atomic mass is 10.1. The minimum Gasteiger partial charge on any atom is -0.353 e. The molecule has 0 fully saturated rings. The molecule has 0 atom stereocenters. The van der Waals surface area contributed by atoms with Gasteiger partial charge in [-0.15, -0.1) is 0 Å². The summed E-state index contributed by atoms with van der Waals surface area (Å²) in [5.41, 5.74) is 2.66. The van der Waals surface area contributed by atoms with Gasteiger partial charge in [0, 0.05) is 31.9 Å². The van der Waals surface area contributed by atoms with Crippen LogP contribution in [0.15, 0.2) is 18.2 Å². The van der Waals surface area contributed by atoms with E-state index >= 15 is 0 Å². The molecule has 0 heterocycles. The number of nitrogens with one attached hydrogen (secondary N) is 2. The fraction of sp³-hybridized carbons (Fsp3) is 0.529. The minimum absolute atomic E-state index is 0.309. The first kappa shape index (κ1) is 19.1. The number of carbonyl (C=O) groups is 2. The van der Waals surface area contributed by atoms with Crippen molar-refractivity contribution < 1.29 is 19.1 Å². The van der Waals surface area contributed by atoms with Gasteiger partial charge in [0.2, 0.25) is 0 Å². The lowest BCUT2D eigenvalue weighted by Crippen LogP contribution is -2.37. The van der Waals surface area contributed by atoms with Gasteiger partial charge in [-0.05, 0) is 51.0 Å². The highest BCUT2D eigenvalue weighted by atomic mass is 16.7. The molecule has 0 bridgehead atoms. The molecule has 0 saturated carbocycles. The van der Waals surface area contributed by atoms with Gasteiger partial charge < -0.3 is 20.1 Å². The van der Waals surface area contributed by atoms with E-state index < -0.39 is 11.8 Å². The molecular formula is C17H26N2O4. The summed E-state index contributed by atoms with van der Waals surface area (Å²) in [5.74, 6) is -1.35. The second kappa shape index (κ2) is 9.97. The number of hydrogen-bond acceptors (Lipinski definition) is 4. The first-order valence-electron chi connectivity index (χ1n) is 7.87. The predicted octanol–water partition coefficient (Wildman–Crippen LogP) is 2.15. The number of rotatable bonds is 8. The average Bonchev–Trinajstić information content (AvgIpc) is 2.46. The Balaban J connectivity index is 2.43. The van der Waals surface area contributed by atoms with E-state index in [1.165, 1.54) is 0 Å². The fourth-order valence-electron chi connectivity index (χ4n) is 2.21. The number of hydrogen-bond donors (Lipinski definition) is 2. The number of anilines is 1. The van der Waals surface area contributed by atoms with Crippen molar-refractivity contribution in [1.29, 1.82) is 0 Å². The summed E-state index contributed by atoms with van der Waals surface area (Å²) in [7, 11) is 0. The highest BCUT2D eigenvalue weighted by molar-refractivity contribution is 6.39. The Bertz CT molecular complexity index is 505. The second-order valence-corrected chi connectivity index (χ2v) is 5.22. The summed E-state index contributed by atoms with van der Waals surface area (Å²) in [5, 5.41) is 5.17. The van der Waals surface area contributed by atoms with E-state index in [2.05, 4.69) is 10.6 Å². The Morgan fingerprint density at radius 2 is 1.57 bits per heavy atom. The molecule has 0 aliphatic carbocycles. The van der Waals surface area contributed by atoms with Crippen LogP contribution in [-0.4, -0.2) is 37.9 Å². The van der Waals surface area contributed by atoms with Gasteiger partial charge in [0.25, 0.3) is 0 Å². The average molecular weight is 322 g/mol. The van der Waals surface area contributed by atoms with Gasteiger partial charge in [-0.3, -0.25) is 9.59 Å². The molecule has 0 spiro atoms. The molecule has 0 aliphatic rings. The van der Waals surface area contributed by atoms with E-state index in [1.807, 2.05) is 45.9 Å². The zero-order valence-corrected chi connectivity index (χ0v) is 14.3. The van der Waals surface area contributed by atoms with Crippen LogP contribution in [0.2, 0.25) is 0 Å². The monoisotopic (exact) mass is 322 g/mol. The van der Waals surface area contributed by atoms with Crippen LogP contribution in [0, 0.1) is 13.8 Å². The topological polar surface area (TPSA) is 76.7 Å². The molecule has 23 heavy (non-hydrogen) atoms. The van der Waals surface area contributed by atoms with E-state index in [9.17, 15) is 9.59 Å². The standard InChI is InChI=1S/C17H26N2O4/c1-5-22-15(23-6-2)7-8-18-16(20)17(21)19-14-10-12(3)9-13(4)11-14/h9-11,15H,5-8H2,1-4H3,(H,18,20)(H,19,21). The van der Waals surface area contributed by atoms with Crippen molar-refractivity contribution in [2.24, 2.45) is 0 Å². The van der Waals surface area contributed by atoms with Crippen molar-refractivity contribution in [1.82, 2.24) is 5.32 Å². The SMILES string of the molecule is CCOC(CCNC(=O)C(=O)Nc1cc(C)cc(C)c1)OCC. The van der Waals surface area contributed by atoms with Crippen molar-refractivity contribution in [3.8, 4) is 0 Å². The van der Waals surface area contributed by atoms with Crippen molar-refractivity contribution in [2.75, 3.05) is 25.1 Å². The van der Waals surface area contributed by atoms with Gasteiger partial charge in [0.05, 0.1) is 0 Å². The molecule has 0 unspecified atom stereocenters. The highest BCUT2D eigenvalue weighted by Gasteiger charge is 2.15. The van der Waals surface area contributed by atoms with Crippen LogP contribution < -0.4 is 10.6 Å². The van der Waals surface area contributed by atoms with Crippen molar-refractivity contribution in [2.45, 2.75) is 40.4 Å². The highest BCUT2D eigenvalue weighted by Crippen LogP contribution is 2.13. The van der Waals surface area contributed by atoms with Crippen LogP contribution in [0.5, 0.6) is 0 Å². The maximum absolute atomic E-state index is 11.9. The Kier molecular flexibility index (Phi) is 8.29. The molecule has 0 radical (unpaired) electrons. The Hall–Kier alpha value is -1.92. The second-order valence-electron chi connectivity index (χ2n) is 5.22. The minimum atomic E-state index is -0.681. The number of aryl methyl sites for hydroxylation is 2. The van der Waals surface area contributed by atoms with Gasteiger partial charge in [-0.2, -0.15) is 0 Å². The van der Waals surface area contributed by atoms with Crippen LogP contribution in [0.1, 0.15) is 31.4 Å². The normalized spacial score (nSPS) is 10.7. The first-order valence-corrected chi connectivity index (χ1v) is 7.87. The van der Waals surface area contributed by atoms with Gasteiger partial charge in [0.15, 0.2) is 6.29 Å². The van der Waals surface area contributed by atoms with Crippen LogP contribution in [0.4, 0.5) is 5.69 Å². The predicted molar refractivity (Wildman–Crippen MR) is 89.2 cm³/mol. The zero-order valence-electron chi connectivity index (χ0n) is 14.3. The lowest BCUT2D eigenvalue weighted by molar-refractivity contribution is -0.142. The number of amides is 2. The van der Waals surface area contributed by atoms with Crippen molar-refractivity contribution >= 4 is 17.5 Å². The van der Waals surface area contributed by atoms with Crippen LogP contribution >= 0.6 is 0 Å². The summed E-state index contributed by atoms with van der Waals surface area (Å²) >= 11 is 0. The Morgan fingerprint density at radius 1 is 1.00 bits per heavy atom. The molecule has 2 amide bonds. The van der Waals surface area contributed by atoms with Crippen LogP contribution in [0.25, 0.3) is 0 Å². The first-order chi connectivity index (χ1) is 11.0. The maximum atomic E-state index is 11.9. The van der Waals surface area contributed by atoms with E-state index in [1.54, 1.807) is 0 Å². The summed E-state index contributed by atoms with van der Waals surface area (Å²) in [4.78, 5) is 23.7. The number of ether oxygens (including phenoxy) is 2. The van der Waals surface area contributed by atoms with Crippen molar-refractivity contribution in [3.63, 3.8) is 0 Å². The third-order valence-corrected chi connectivity index (χ3v) is 3.06. The summed E-state index contributed by atoms with van der Waals surface area (Å²) < 4.78 is 10.7. The van der Waals surface area contributed by atoms with E-state index in [4.69, 9.17) is 9.47 Å². The van der Waals surface area contributed by atoms with Crippen molar-refractivity contribution in [3.05, 3.63) is 29.3 Å². The maximum Gasteiger partial charge on any atom is 0.313 e. The van der Waals surface area contributed by atoms with Crippen LogP contribution in [-0.2, 0) is 19.1 Å². The zero-order chi connectivity index (χ0) is 17.2. The third kappa shape index (κ3) is 7.25. The largest absolute Gasteiger partial charge is 0.353 e. The van der Waals surface area contributed by atoms with Gasteiger partial charge in [0.1, 0.15) is 0 Å². The van der Waals surface area contributed by atoms with Gasteiger partial charge in [-0.1, -0.05) is 6.07 Å². The molecule has 1 aromatic rings. The molecule has 0 aliphatic heterocycles. The molecule has 1 rings (SSSR count). The molecule has 0 saturated heterocycles. The smallest absolute Gasteiger partial charge is 0.313 e. The molecule has 6 nitrogen and oxygen atoms in total.